The van der Waals surface area contributed by atoms with Crippen molar-refractivity contribution in [1.29, 1.82) is 0 Å². The predicted molar refractivity (Wildman–Crippen MR) is 76.4 cm³/mol. The third kappa shape index (κ3) is 2.92. The van der Waals surface area contributed by atoms with E-state index in [2.05, 4.69) is 26.6 Å². The zero-order valence-corrected chi connectivity index (χ0v) is 12.4. The quantitative estimate of drug-likeness (QED) is 0.460. The first-order valence-corrected chi connectivity index (χ1v) is 6.62. The van der Waals surface area contributed by atoms with Crippen molar-refractivity contribution in [2.75, 3.05) is 12.4 Å². The molecular weight excluding hydrogens is 346 g/mol. The molecule has 8 nitrogen and oxygen atoms in total. The molecule has 0 radical (unpaired) electrons. The van der Waals surface area contributed by atoms with Crippen LogP contribution in [0.5, 0.6) is 5.75 Å². The topological polar surface area (TPSA) is 117 Å². The van der Waals surface area contributed by atoms with E-state index >= 15 is 0 Å². The second-order valence-corrected chi connectivity index (χ2v) is 5.51. The highest BCUT2D eigenvalue weighted by atomic mass is 79.9. The van der Waals surface area contributed by atoms with Crippen LogP contribution in [0.15, 0.2) is 24.3 Å². The van der Waals surface area contributed by atoms with Gasteiger partial charge in [-0.2, -0.15) is 0 Å². The average molecular weight is 358 g/mol. The maximum atomic E-state index is 12.0. The number of hydrogen-bond donors (Lipinski definition) is 4. The number of carbonyl (C=O) groups excluding carboxylic acids is 2. The lowest BCUT2D eigenvalue weighted by molar-refractivity contribution is -0.142. The number of urea groups is 1. The molecule has 0 saturated carbocycles. The van der Waals surface area contributed by atoms with Gasteiger partial charge in [0.2, 0.25) is 4.45 Å². The van der Waals surface area contributed by atoms with Crippen LogP contribution in [0.25, 0.3) is 0 Å². The van der Waals surface area contributed by atoms with Crippen LogP contribution in [0, 0.1) is 0 Å². The number of imide groups is 1. The maximum absolute atomic E-state index is 12.0. The zero-order valence-electron chi connectivity index (χ0n) is 10.8. The number of nitrogens with one attached hydrogen (secondary N) is 3. The summed E-state index contributed by atoms with van der Waals surface area (Å²) in [4.78, 5) is 34.5. The highest BCUT2D eigenvalue weighted by molar-refractivity contribution is 9.10. The number of carboxylic acids is 1. The first-order chi connectivity index (χ1) is 9.86. The van der Waals surface area contributed by atoms with E-state index in [9.17, 15) is 19.5 Å². The molecule has 1 aromatic rings. The number of rotatable bonds is 4. The Kier molecular flexibility index (Phi) is 4.03. The molecule has 112 valence electrons. The number of benzene rings is 1. The van der Waals surface area contributed by atoms with Crippen LogP contribution in [0.3, 0.4) is 0 Å². The monoisotopic (exact) mass is 357 g/mol. The van der Waals surface area contributed by atoms with Gasteiger partial charge in [-0.25, -0.2) is 9.59 Å². The fraction of sp³-hybridized carbons (Fsp3) is 0.250. The summed E-state index contributed by atoms with van der Waals surface area (Å²) in [5.41, 5.74) is 0.477. The summed E-state index contributed by atoms with van der Waals surface area (Å²) in [7, 11) is 1.51. The molecule has 0 spiro atoms. The number of halogens is 1. The van der Waals surface area contributed by atoms with Crippen molar-refractivity contribution < 1.29 is 24.2 Å². The number of hydrogen-bond acceptors (Lipinski definition) is 5. The molecule has 1 saturated heterocycles. The van der Waals surface area contributed by atoms with Gasteiger partial charge < -0.3 is 20.5 Å². The van der Waals surface area contributed by atoms with Crippen LogP contribution in [-0.4, -0.2) is 40.6 Å². The van der Waals surface area contributed by atoms with E-state index < -0.39 is 28.4 Å². The van der Waals surface area contributed by atoms with E-state index in [0.29, 0.717) is 11.4 Å². The fourth-order valence-corrected chi connectivity index (χ4v) is 2.48. The Labute approximate surface area is 128 Å². The van der Waals surface area contributed by atoms with E-state index in [0.717, 1.165) is 0 Å². The van der Waals surface area contributed by atoms with Gasteiger partial charge >= 0.3 is 12.0 Å². The molecule has 4 N–H and O–H groups in total. The summed E-state index contributed by atoms with van der Waals surface area (Å²) in [6.45, 7) is 0. The number of carbonyl (C=O) groups is 3. The highest BCUT2D eigenvalue weighted by Crippen LogP contribution is 2.29. The summed E-state index contributed by atoms with van der Waals surface area (Å²) >= 11 is 3.08. The summed E-state index contributed by atoms with van der Waals surface area (Å²) < 4.78 is 3.30. The molecule has 0 bridgehead atoms. The Hall–Kier alpha value is -2.29. The third-order valence-electron chi connectivity index (χ3n) is 2.89. The van der Waals surface area contributed by atoms with Gasteiger partial charge in [0.15, 0.2) is 6.04 Å². The molecule has 2 rings (SSSR count). The lowest BCUT2D eigenvalue weighted by atomic mass is 10.0. The van der Waals surface area contributed by atoms with Gasteiger partial charge in [0.25, 0.3) is 5.91 Å². The number of ether oxygens (including phenoxy) is 1. The second kappa shape index (κ2) is 5.60. The van der Waals surface area contributed by atoms with Crippen LogP contribution in [0.4, 0.5) is 10.5 Å². The summed E-state index contributed by atoms with van der Waals surface area (Å²) in [5, 5.41) is 16.1. The Morgan fingerprint density at radius 1 is 1.38 bits per heavy atom. The summed E-state index contributed by atoms with van der Waals surface area (Å²) in [6, 6.07) is 4.19. The lowest BCUT2D eigenvalue weighted by Gasteiger charge is -2.37. The summed E-state index contributed by atoms with van der Waals surface area (Å²) in [5.74, 6) is -1.54. The minimum atomic E-state index is -1.71. The Balaban J connectivity index is 2.29. The van der Waals surface area contributed by atoms with E-state index in [-0.39, 0.29) is 0 Å². The molecule has 0 aliphatic carbocycles. The number of aliphatic carboxylic acids is 1. The molecule has 3 amide bonds. The molecule has 1 aromatic carbocycles. The summed E-state index contributed by atoms with van der Waals surface area (Å²) in [6.07, 6.45) is 0. The van der Waals surface area contributed by atoms with Crippen molar-refractivity contribution in [3.63, 3.8) is 0 Å². The largest absolute Gasteiger partial charge is 0.497 e. The van der Waals surface area contributed by atoms with Crippen molar-refractivity contribution >= 4 is 39.5 Å². The molecule has 0 aromatic heterocycles. The first kappa shape index (κ1) is 15.1. The SMILES string of the molecule is COc1ccc(N[C@]2(Br)C(=O)NC(=O)N[C@H]2C(=O)O)cc1. The van der Waals surface area contributed by atoms with E-state index in [1.54, 1.807) is 24.3 Å². The molecule has 21 heavy (non-hydrogen) atoms. The standard InChI is InChI=1S/C12H12BrN3O5/c1-21-7-4-2-6(3-5-7)16-12(13)8(9(17)18)14-11(20)15-10(12)19/h2-5,8,16H,1H3,(H,17,18)(H2,14,15,19,20)/t8-,12-/m0/s1. The van der Waals surface area contributed by atoms with Crippen LogP contribution >= 0.6 is 15.9 Å². The van der Waals surface area contributed by atoms with E-state index in [1.807, 2.05) is 5.32 Å². The second-order valence-electron chi connectivity index (χ2n) is 4.26. The van der Waals surface area contributed by atoms with E-state index in [4.69, 9.17) is 4.74 Å². The smallest absolute Gasteiger partial charge is 0.330 e. The molecular formula is C12H12BrN3O5. The molecule has 1 fully saturated rings. The van der Waals surface area contributed by atoms with Crippen molar-refractivity contribution in [2.24, 2.45) is 0 Å². The fourth-order valence-electron chi connectivity index (χ4n) is 1.84. The number of methoxy groups -OCH3 is 1. The van der Waals surface area contributed by atoms with Gasteiger partial charge in [-0.1, -0.05) is 0 Å². The van der Waals surface area contributed by atoms with Gasteiger partial charge in [0.05, 0.1) is 7.11 Å². The molecule has 1 aliphatic rings. The van der Waals surface area contributed by atoms with Gasteiger partial charge in [0.1, 0.15) is 5.75 Å². The first-order valence-electron chi connectivity index (χ1n) is 5.82. The lowest BCUT2D eigenvalue weighted by Crippen LogP contribution is -2.71. The average Bonchev–Trinajstić information content (AvgIpc) is 2.43. The maximum Gasteiger partial charge on any atom is 0.330 e. The van der Waals surface area contributed by atoms with Crippen molar-refractivity contribution in [3.05, 3.63) is 24.3 Å². The minimum Gasteiger partial charge on any atom is -0.497 e. The van der Waals surface area contributed by atoms with E-state index in [1.165, 1.54) is 7.11 Å². The van der Waals surface area contributed by atoms with Crippen LogP contribution in [0.2, 0.25) is 0 Å². The Morgan fingerprint density at radius 3 is 2.52 bits per heavy atom. The Bertz CT molecular complexity index is 591. The van der Waals surface area contributed by atoms with Crippen LogP contribution < -0.4 is 20.7 Å². The Morgan fingerprint density at radius 2 is 2.00 bits per heavy atom. The van der Waals surface area contributed by atoms with Crippen molar-refractivity contribution in [1.82, 2.24) is 10.6 Å². The molecule has 9 heteroatoms. The molecule has 0 unspecified atom stereocenters. The molecule has 2 atom stereocenters. The highest BCUT2D eigenvalue weighted by Gasteiger charge is 2.52. The third-order valence-corrected chi connectivity index (χ3v) is 3.91. The number of anilines is 1. The van der Waals surface area contributed by atoms with Gasteiger partial charge in [-0.05, 0) is 40.2 Å². The number of carboxylic acid groups (broad SMARTS) is 1. The number of amides is 3. The normalized spacial score (nSPS) is 24.8. The van der Waals surface area contributed by atoms with Gasteiger partial charge in [-0.3, -0.25) is 10.1 Å². The number of alkyl halides is 1. The van der Waals surface area contributed by atoms with Gasteiger partial charge in [0, 0.05) is 5.69 Å². The molecule has 1 heterocycles. The van der Waals surface area contributed by atoms with Crippen LogP contribution in [-0.2, 0) is 9.59 Å². The van der Waals surface area contributed by atoms with Crippen molar-refractivity contribution in [2.45, 2.75) is 10.5 Å². The minimum absolute atomic E-state index is 0.477. The van der Waals surface area contributed by atoms with Crippen LogP contribution in [0.1, 0.15) is 0 Å². The van der Waals surface area contributed by atoms with Crippen molar-refractivity contribution in [3.8, 4) is 5.75 Å². The van der Waals surface area contributed by atoms with Gasteiger partial charge in [-0.15, -0.1) is 0 Å². The molecule has 1 aliphatic heterocycles. The predicted octanol–water partition coefficient (Wildman–Crippen LogP) is 0.491. The zero-order chi connectivity index (χ0) is 15.6.